The van der Waals surface area contributed by atoms with Gasteiger partial charge in [0.05, 0.1) is 10.5 Å². The molecule has 2 rings (SSSR count). The highest BCUT2D eigenvalue weighted by molar-refractivity contribution is 5.86. The van der Waals surface area contributed by atoms with Crippen LogP contribution in [0.2, 0.25) is 0 Å². The first-order valence-corrected chi connectivity index (χ1v) is 6.25. The number of nitrogens with zero attached hydrogens (tertiary/aromatic N) is 3. The molecule has 7 heteroatoms. The van der Waals surface area contributed by atoms with Gasteiger partial charge in [-0.1, -0.05) is 6.92 Å². The number of nitro groups is 1. The highest BCUT2D eigenvalue weighted by atomic mass is 16.6. The monoisotopic (exact) mass is 287 g/mol. The van der Waals surface area contributed by atoms with E-state index in [1.54, 1.807) is 24.5 Å². The van der Waals surface area contributed by atoms with Crippen molar-refractivity contribution in [2.24, 2.45) is 0 Å². The minimum Gasteiger partial charge on any atom is -0.478 e. The summed E-state index contributed by atoms with van der Waals surface area (Å²) in [5.41, 5.74) is 0.782. The van der Waals surface area contributed by atoms with Gasteiger partial charge in [0, 0.05) is 36.6 Å². The van der Waals surface area contributed by atoms with Gasteiger partial charge in [0.15, 0.2) is 0 Å². The maximum atomic E-state index is 11.0. The molecule has 0 fully saturated rings. The average molecular weight is 287 g/mol. The lowest BCUT2D eigenvalue weighted by Crippen LogP contribution is -2.01. The van der Waals surface area contributed by atoms with Gasteiger partial charge < -0.3 is 9.67 Å². The van der Waals surface area contributed by atoms with Crippen molar-refractivity contribution >= 4 is 17.7 Å². The van der Waals surface area contributed by atoms with Crippen LogP contribution in [0, 0.1) is 10.1 Å². The molecular weight excluding hydrogens is 274 g/mol. The molecule has 1 N–H and O–H groups in total. The van der Waals surface area contributed by atoms with Crippen LogP contribution in [-0.4, -0.2) is 25.6 Å². The lowest BCUT2D eigenvalue weighted by Gasteiger charge is -2.07. The lowest BCUT2D eigenvalue weighted by molar-refractivity contribution is -0.385. The molecule has 2 aromatic rings. The van der Waals surface area contributed by atoms with Gasteiger partial charge in [-0.3, -0.25) is 10.1 Å². The van der Waals surface area contributed by atoms with Crippen molar-refractivity contribution in [2.45, 2.75) is 13.3 Å². The Morgan fingerprint density at radius 1 is 1.52 bits per heavy atom. The molecule has 0 aliphatic rings. The molecule has 7 nitrogen and oxygen atoms in total. The number of aromatic nitrogens is 2. The normalized spacial score (nSPS) is 10.9. The van der Waals surface area contributed by atoms with Crippen LogP contribution in [-0.2, 0) is 11.2 Å². The summed E-state index contributed by atoms with van der Waals surface area (Å²) in [6.45, 7) is 1.95. The first-order valence-electron chi connectivity index (χ1n) is 6.25. The summed E-state index contributed by atoms with van der Waals surface area (Å²) in [4.78, 5) is 25.2. The SMILES string of the molecule is CCc1nccn1-c1ccc([N+](=O)[O-])c(/C=C/C(=O)O)c1. The second kappa shape index (κ2) is 6.00. The summed E-state index contributed by atoms with van der Waals surface area (Å²) >= 11 is 0. The Bertz CT molecular complexity index is 719. The second-order valence-corrected chi connectivity index (χ2v) is 4.24. The number of nitro benzene ring substituents is 1. The van der Waals surface area contributed by atoms with Crippen LogP contribution in [0.4, 0.5) is 5.69 Å². The first kappa shape index (κ1) is 14.4. The fraction of sp³-hybridized carbons (Fsp3) is 0.143. The Hall–Kier alpha value is -2.96. The fourth-order valence-electron chi connectivity index (χ4n) is 1.98. The average Bonchev–Trinajstić information content (AvgIpc) is 2.93. The molecule has 0 aliphatic carbocycles. The van der Waals surface area contributed by atoms with Crippen molar-refractivity contribution in [3.05, 3.63) is 58.2 Å². The van der Waals surface area contributed by atoms with Gasteiger partial charge in [-0.25, -0.2) is 9.78 Å². The molecule has 0 radical (unpaired) electrons. The third kappa shape index (κ3) is 3.14. The molecule has 0 unspecified atom stereocenters. The molecule has 0 bridgehead atoms. The summed E-state index contributed by atoms with van der Waals surface area (Å²) in [7, 11) is 0. The molecule has 0 saturated heterocycles. The van der Waals surface area contributed by atoms with Crippen molar-refractivity contribution in [1.82, 2.24) is 9.55 Å². The largest absolute Gasteiger partial charge is 0.478 e. The minimum atomic E-state index is -1.16. The van der Waals surface area contributed by atoms with Crippen molar-refractivity contribution in [3.8, 4) is 5.69 Å². The molecule has 21 heavy (non-hydrogen) atoms. The third-order valence-electron chi connectivity index (χ3n) is 2.93. The van der Waals surface area contributed by atoms with E-state index in [0.29, 0.717) is 12.1 Å². The van der Waals surface area contributed by atoms with Crippen molar-refractivity contribution in [3.63, 3.8) is 0 Å². The van der Waals surface area contributed by atoms with Crippen LogP contribution in [0.15, 0.2) is 36.7 Å². The summed E-state index contributed by atoms with van der Waals surface area (Å²) < 4.78 is 1.81. The van der Waals surface area contributed by atoms with Gasteiger partial charge in [-0.2, -0.15) is 0 Å². The number of benzene rings is 1. The Morgan fingerprint density at radius 2 is 2.29 bits per heavy atom. The van der Waals surface area contributed by atoms with Crippen LogP contribution in [0.5, 0.6) is 0 Å². The van der Waals surface area contributed by atoms with Gasteiger partial charge in [-0.15, -0.1) is 0 Å². The zero-order valence-corrected chi connectivity index (χ0v) is 11.3. The summed E-state index contributed by atoms with van der Waals surface area (Å²) in [6, 6.07) is 4.53. The Kier molecular flexibility index (Phi) is 4.13. The maximum Gasteiger partial charge on any atom is 0.328 e. The Morgan fingerprint density at radius 3 is 2.90 bits per heavy atom. The summed E-state index contributed by atoms with van der Waals surface area (Å²) in [6.07, 6.45) is 6.20. The fourth-order valence-corrected chi connectivity index (χ4v) is 1.98. The van der Waals surface area contributed by atoms with Gasteiger partial charge in [0.25, 0.3) is 5.69 Å². The highest BCUT2D eigenvalue weighted by Crippen LogP contribution is 2.24. The third-order valence-corrected chi connectivity index (χ3v) is 2.93. The number of carbonyl (C=O) groups is 1. The molecule has 0 aliphatic heterocycles. The number of carboxylic acids is 1. The van der Waals surface area contributed by atoms with E-state index in [9.17, 15) is 14.9 Å². The second-order valence-electron chi connectivity index (χ2n) is 4.24. The van der Waals surface area contributed by atoms with E-state index in [-0.39, 0.29) is 11.3 Å². The van der Waals surface area contributed by atoms with Crippen molar-refractivity contribution in [2.75, 3.05) is 0 Å². The number of aryl methyl sites for hydroxylation is 1. The van der Waals surface area contributed by atoms with Gasteiger partial charge >= 0.3 is 5.97 Å². The quantitative estimate of drug-likeness (QED) is 0.517. The number of hydrogen-bond donors (Lipinski definition) is 1. The number of carboxylic acid groups (broad SMARTS) is 1. The standard InChI is InChI=1S/C14H13N3O4/c1-2-13-15-7-8-16(13)11-4-5-12(17(20)21)10(9-11)3-6-14(18)19/h3-9H,2H2,1H3,(H,18,19)/b6-3+. The minimum absolute atomic E-state index is 0.144. The number of imidazole rings is 1. The molecule has 0 spiro atoms. The maximum absolute atomic E-state index is 11.0. The summed E-state index contributed by atoms with van der Waals surface area (Å²) in [5.74, 6) is -0.344. The van der Waals surface area contributed by atoms with E-state index in [4.69, 9.17) is 5.11 Å². The van der Waals surface area contributed by atoms with Crippen LogP contribution < -0.4 is 0 Å². The number of rotatable bonds is 5. The molecule has 0 atom stereocenters. The van der Waals surface area contributed by atoms with E-state index in [2.05, 4.69) is 4.98 Å². The van der Waals surface area contributed by atoms with Gasteiger partial charge in [0.1, 0.15) is 5.82 Å². The molecule has 1 heterocycles. The molecule has 1 aromatic heterocycles. The number of hydrogen-bond acceptors (Lipinski definition) is 4. The van der Waals surface area contributed by atoms with E-state index in [1.807, 2.05) is 11.5 Å². The van der Waals surface area contributed by atoms with Crippen LogP contribution in [0.3, 0.4) is 0 Å². The Labute approximate surface area is 120 Å². The molecule has 0 saturated carbocycles. The molecule has 1 aromatic carbocycles. The lowest BCUT2D eigenvalue weighted by atomic mass is 10.1. The van der Waals surface area contributed by atoms with Gasteiger partial charge in [0.2, 0.25) is 0 Å². The predicted molar refractivity (Wildman–Crippen MR) is 76.3 cm³/mol. The van der Waals surface area contributed by atoms with Crippen LogP contribution in [0.1, 0.15) is 18.3 Å². The van der Waals surface area contributed by atoms with E-state index >= 15 is 0 Å². The van der Waals surface area contributed by atoms with E-state index in [0.717, 1.165) is 11.9 Å². The van der Waals surface area contributed by atoms with Crippen LogP contribution in [0.25, 0.3) is 11.8 Å². The van der Waals surface area contributed by atoms with Crippen molar-refractivity contribution in [1.29, 1.82) is 0 Å². The van der Waals surface area contributed by atoms with Crippen LogP contribution >= 0.6 is 0 Å². The molecule has 0 amide bonds. The van der Waals surface area contributed by atoms with Crippen molar-refractivity contribution < 1.29 is 14.8 Å². The molecular formula is C14H13N3O4. The van der Waals surface area contributed by atoms with E-state index < -0.39 is 10.9 Å². The zero-order valence-electron chi connectivity index (χ0n) is 11.3. The van der Waals surface area contributed by atoms with E-state index in [1.165, 1.54) is 12.1 Å². The number of aliphatic carboxylic acids is 1. The highest BCUT2D eigenvalue weighted by Gasteiger charge is 2.14. The Balaban J connectivity index is 2.53. The first-order chi connectivity index (χ1) is 10.0. The van der Waals surface area contributed by atoms with Gasteiger partial charge in [-0.05, 0) is 18.2 Å². The predicted octanol–water partition coefficient (Wildman–Crippen LogP) is 2.44. The summed E-state index contributed by atoms with van der Waals surface area (Å²) in [5, 5.41) is 19.7. The smallest absolute Gasteiger partial charge is 0.328 e. The zero-order chi connectivity index (χ0) is 15.4. The topological polar surface area (TPSA) is 98.3 Å². The molecule has 108 valence electrons.